The lowest BCUT2D eigenvalue weighted by molar-refractivity contribution is 0.0688. The maximum Gasteiger partial charge on any atom is 0.261 e. The maximum atomic E-state index is 13.0. The standard InChI is InChI=1S/C20H19BrN2O2/c1-13(2)23(12-14-6-4-3-5-7-14)20(25)17-11-15-10-16(21)8-9-18(15)22-19(17)24/h3-11,13H,12H2,1-2H3,(H,22,24). The molecule has 25 heavy (non-hydrogen) atoms. The number of fused-ring (bicyclic) bond motifs is 1. The van der Waals surface area contributed by atoms with Crippen molar-refractivity contribution in [2.24, 2.45) is 0 Å². The van der Waals surface area contributed by atoms with Gasteiger partial charge in [0.2, 0.25) is 0 Å². The van der Waals surface area contributed by atoms with Gasteiger partial charge in [-0.1, -0.05) is 46.3 Å². The van der Waals surface area contributed by atoms with Crippen molar-refractivity contribution in [1.29, 1.82) is 0 Å². The number of rotatable bonds is 4. The number of amides is 1. The summed E-state index contributed by atoms with van der Waals surface area (Å²) in [5, 5.41) is 0.820. The molecule has 1 N–H and O–H groups in total. The molecule has 0 aliphatic heterocycles. The summed E-state index contributed by atoms with van der Waals surface area (Å²) in [6.07, 6.45) is 0. The molecule has 0 fully saturated rings. The number of nitrogens with one attached hydrogen (secondary N) is 1. The number of pyridine rings is 1. The summed E-state index contributed by atoms with van der Waals surface area (Å²) in [7, 11) is 0. The molecule has 4 nitrogen and oxygen atoms in total. The Hall–Kier alpha value is -2.40. The van der Waals surface area contributed by atoms with Crippen molar-refractivity contribution in [3.63, 3.8) is 0 Å². The Bertz CT molecular complexity index is 964. The van der Waals surface area contributed by atoms with Crippen molar-refractivity contribution >= 4 is 32.7 Å². The molecular formula is C20H19BrN2O2. The van der Waals surface area contributed by atoms with Crippen LogP contribution >= 0.6 is 15.9 Å². The molecule has 0 spiro atoms. The molecule has 0 atom stereocenters. The molecular weight excluding hydrogens is 380 g/mol. The molecule has 128 valence electrons. The van der Waals surface area contributed by atoms with Gasteiger partial charge >= 0.3 is 0 Å². The number of carbonyl (C=O) groups is 1. The molecule has 1 amide bonds. The summed E-state index contributed by atoms with van der Waals surface area (Å²) in [6, 6.07) is 17.0. The lowest BCUT2D eigenvalue weighted by Crippen LogP contribution is -2.39. The third kappa shape index (κ3) is 3.82. The summed E-state index contributed by atoms with van der Waals surface area (Å²) in [5.74, 6) is -0.262. The van der Waals surface area contributed by atoms with Gasteiger partial charge in [-0.05, 0) is 43.7 Å². The van der Waals surface area contributed by atoms with Gasteiger partial charge in [0.15, 0.2) is 0 Å². The molecule has 0 unspecified atom stereocenters. The van der Waals surface area contributed by atoms with E-state index in [0.29, 0.717) is 12.1 Å². The first kappa shape index (κ1) is 17.4. The second-order valence-electron chi connectivity index (χ2n) is 6.26. The normalized spacial score (nSPS) is 11.0. The van der Waals surface area contributed by atoms with Gasteiger partial charge in [-0.2, -0.15) is 0 Å². The number of nitrogens with zero attached hydrogens (tertiary/aromatic N) is 1. The van der Waals surface area contributed by atoms with Crippen LogP contribution in [0.2, 0.25) is 0 Å². The number of hydrogen-bond acceptors (Lipinski definition) is 2. The van der Waals surface area contributed by atoms with E-state index in [1.807, 2.05) is 62.4 Å². The minimum atomic E-state index is -0.362. The average molecular weight is 399 g/mol. The fourth-order valence-electron chi connectivity index (χ4n) is 2.76. The van der Waals surface area contributed by atoms with Gasteiger partial charge < -0.3 is 9.88 Å². The molecule has 1 heterocycles. The van der Waals surface area contributed by atoms with Crippen molar-refractivity contribution in [2.45, 2.75) is 26.4 Å². The fourth-order valence-corrected chi connectivity index (χ4v) is 3.14. The Morgan fingerprint density at radius 1 is 1.12 bits per heavy atom. The molecule has 3 rings (SSSR count). The minimum absolute atomic E-state index is 0.0229. The zero-order valence-electron chi connectivity index (χ0n) is 14.1. The fraction of sp³-hybridized carbons (Fsp3) is 0.200. The van der Waals surface area contributed by atoms with Crippen LogP contribution in [0.15, 0.2) is 63.9 Å². The lowest BCUT2D eigenvalue weighted by atomic mass is 10.1. The van der Waals surface area contributed by atoms with Gasteiger partial charge in [0.1, 0.15) is 5.56 Å². The van der Waals surface area contributed by atoms with Crippen molar-refractivity contribution in [3.05, 3.63) is 80.6 Å². The molecule has 1 aromatic heterocycles. The molecule has 0 saturated heterocycles. The van der Waals surface area contributed by atoms with Gasteiger partial charge in [-0.25, -0.2) is 0 Å². The van der Waals surface area contributed by atoms with Crippen molar-refractivity contribution in [2.75, 3.05) is 0 Å². The Labute approximate surface area is 154 Å². The molecule has 0 aliphatic carbocycles. The number of hydrogen-bond donors (Lipinski definition) is 1. The van der Waals surface area contributed by atoms with Crippen molar-refractivity contribution < 1.29 is 4.79 Å². The highest BCUT2D eigenvalue weighted by atomic mass is 79.9. The number of aromatic amines is 1. The minimum Gasteiger partial charge on any atom is -0.332 e. The largest absolute Gasteiger partial charge is 0.332 e. The molecule has 0 bridgehead atoms. The Morgan fingerprint density at radius 3 is 2.52 bits per heavy atom. The van der Waals surface area contributed by atoms with E-state index < -0.39 is 0 Å². The molecule has 0 saturated carbocycles. The Balaban J connectivity index is 2.00. The SMILES string of the molecule is CC(C)N(Cc1ccccc1)C(=O)c1cc2cc(Br)ccc2[nH]c1=O. The van der Waals surface area contributed by atoms with Gasteiger partial charge in [-0.15, -0.1) is 0 Å². The smallest absolute Gasteiger partial charge is 0.261 e. The number of halogens is 1. The highest BCUT2D eigenvalue weighted by Crippen LogP contribution is 2.19. The van der Waals surface area contributed by atoms with Crippen LogP contribution in [-0.4, -0.2) is 21.8 Å². The van der Waals surface area contributed by atoms with Crippen LogP contribution in [0.4, 0.5) is 0 Å². The molecule has 5 heteroatoms. The summed E-state index contributed by atoms with van der Waals surface area (Å²) in [6.45, 7) is 4.37. The monoisotopic (exact) mass is 398 g/mol. The zero-order valence-corrected chi connectivity index (χ0v) is 15.7. The summed E-state index contributed by atoms with van der Waals surface area (Å²) in [4.78, 5) is 30.0. The van der Waals surface area contributed by atoms with Crippen LogP contribution in [0.5, 0.6) is 0 Å². The first-order valence-electron chi connectivity index (χ1n) is 8.13. The van der Waals surface area contributed by atoms with Gasteiger partial charge in [0.05, 0.1) is 0 Å². The van der Waals surface area contributed by atoms with Crippen LogP contribution in [0.1, 0.15) is 29.8 Å². The average Bonchev–Trinajstić information content (AvgIpc) is 2.59. The van der Waals surface area contributed by atoms with Crippen molar-refractivity contribution in [3.8, 4) is 0 Å². The van der Waals surface area contributed by atoms with E-state index in [9.17, 15) is 9.59 Å². The third-order valence-corrected chi connectivity index (χ3v) is 4.61. The topological polar surface area (TPSA) is 53.2 Å². The van der Waals surface area contributed by atoms with Crippen LogP contribution in [0.3, 0.4) is 0 Å². The van der Waals surface area contributed by atoms with Crippen LogP contribution in [0.25, 0.3) is 10.9 Å². The molecule has 2 aromatic carbocycles. The van der Waals surface area contributed by atoms with E-state index in [4.69, 9.17) is 0 Å². The zero-order chi connectivity index (χ0) is 18.0. The van der Waals surface area contributed by atoms with E-state index in [-0.39, 0.29) is 23.1 Å². The predicted molar refractivity (Wildman–Crippen MR) is 104 cm³/mol. The Morgan fingerprint density at radius 2 is 1.84 bits per heavy atom. The van der Waals surface area contributed by atoms with Crippen molar-refractivity contribution in [1.82, 2.24) is 9.88 Å². The van der Waals surface area contributed by atoms with Crippen LogP contribution in [0, 0.1) is 0 Å². The first-order valence-corrected chi connectivity index (χ1v) is 8.92. The van der Waals surface area contributed by atoms with E-state index >= 15 is 0 Å². The summed E-state index contributed by atoms with van der Waals surface area (Å²) in [5.41, 5.74) is 1.54. The quantitative estimate of drug-likeness (QED) is 0.710. The first-order chi connectivity index (χ1) is 12.0. The second kappa shape index (κ2) is 7.23. The maximum absolute atomic E-state index is 13.0. The highest BCUT2D eigenvalue weighted by molar-refractivity contribution is 9.10. The summed E-state index contributed by atoms with van der Waals surface area (Å²) < 4.78 is 0.899. The predicted octanol–water partition coefficient (Wildman–Crippen LogP) is 4.34. The highest BCUT2D eigenvalue weighted by Gasteiger charge is 2.22. The molecule has 0 aliphatic rings. The van der Waals surface area contributed by atoms with Crippen LogP contribution < -0.4 is 5.56 Å². The lowest BCUT2D eigenvalue weighted by Gasteiger charge is -2.26. The third-order valence-electron chi connectivity index (χ3n) is 4.12. The Kier molecular flexibility index (Phi) is 5.04. The number of carbonyl (C=O) groups excluding carboxylic acids is 1. The van der Waals surface area contributed by atoms with Gasteiger partial charge in [0.25, 0.3) is 11.5 Å². The van der Waals surface area contributed by atoms with Gasteiger partial charge in [-0.3, -0.25) is 9.59 Å². The van der Waals surface area contributed by atoms with Crippen LogP contribution in [-0.2, 0) is 6.54 Å². The van der Waals surface area contributed by atoms with Gasteiger partial charge in [0, 0.05) is 28.0 Å². The van der Waals surface area contributed by atoms with E-state index in [0.717, 1.165) is 15.4 Å². The second-order valence-corrected chi connectivity index (χ2v) is 7.17. The number of H-pyrrole nitrogens is 1. The van der Waals surface area contributed by atoms with E-state index in [1.165, 1.54) is 0 Å². The molecule has 3 aromatic rings. The van der Waals surface area contributed by atoms with E-state index in [1.54, 1.807) is 11.0 Å². The van der Waals surface area contributed by atoms with E-state index in [2.05, 4.69) is 20.9 Å². The number of aromatic nitrogens is 1. The number of benzene rings is 2. The molecule has 0 radical (unpaired) electrons. The summed E-state index contributed by atoms with van der Waals surface area (Å²) >= 11 is 3.42.